The Hall–Kier alpha value is -1.27. The van der Waals surface area contributed by atoms with Crippen LogP contribution in [0.5, 0.6) is 5.88 Å². The fourth-order valence-corrected chi connectivity index (χ4v) is 2.32. The van der Waals surface area contributed by atoms with Crippen LogP contribution in [0.1, 0.15) is 33.6 Å². The van der Waals surface area contributed by atoms with Crippen molar-refractivity contribution >= 4 is 29.3 Å². The molecule has 2 rings (SSSR count). The highest BCUT2D eigenvalue weighted by molar-refractivity contribution is 6.32. The molecule has 0 radical (unpaired) electrons. The molecule has 0 spiro atoms. The lowest BCUT2D eigenvalue weighted by molar-refractivity contribution is 0.0123. The van der Waals surface area contributed by atoms with Crippen LogP contribution < -0.4 is 4.74 Å². The van der Waals surface area contributed by atoms with Gasteiger partial charge in [-0.3, -0.25) is 0 Å². The summed E-state index contributed by atoms with van der Waals surface area (Å²) < 4.78 is 11.1. The van der Waals surface area contributed by atoms with Gasteiger partial charge in [-0.05, 0) is 32.4 Å². The molecular weight excluding hydrogens is 329 g/mol. The van der Waals surface area contributed by atoms with E-state index in [1.807, 2.05) is 20.8 Å². The molecule has 1 aromatic heterocycles. The van der Waals surface area contributed by atoms with Crippen molar-refractivity contribution < 1.29 is 14.3 Å². The predicted molar refractivity (Wildman–Crippen MR) is 83.5 cm³/mol. The molecule has 1 aliphatic heterocycles. The fourth-order valence-electron chi connectivity index (χ4n) is 2.05. The molecule has 0 aliphatic carbocycles. The van der Waals surface area contributed by atoms with Crippen molar-refractivity contribution in [1.82, 2.24) is 14.9 Å². The van der Waals surface area contributed by atoms with Gasteiger partial charge in [-0.1, -0.05) is 11.6 Å². The summed E-state index contributed by atoms with van der Waals surface area (Å²) in [4.78, 5) is 21.4. The lowest BCUT2D eigenvalue weighted by Crippen LogP contribution is -2.44. The number of nitrogens with zero attached hydrogens (tertiary/aromatic N) is 3. The fraction of sp³-hybridized carbons (Fsp3) is 0.643. The van der Waals surface area contributed by atoms with Gasteiger partial charge in [0.1, 0.15) is 16.7 Å². The van der Waals surface area contributed by atoms with Gasteiger partial charge in [0.15, 0.2) is 0 Å². The molecule has 2 heterocycles. The van der Waals surface area contributed by atoms with E-state index in [4.69, 9.17) is 32.7 Å². The number of rotatable bonds is 2. The maximum Gasteiger partial charge on any atom is 0.410 e. The smallest absolute Gasteiger partial charge is 0.410 e. The van der Waals surface area contributed by atoms with E-state index in [0.29, 0.717) is 31.0 Å². The minimum atomic E-state index is -0.490. The van der Waals surface area contributed by atoms with Crippen LogP contribution in [0, 0.1) is 0 Å². The second kappa shape index (κ2) is 6.87. The average molecular weight is 348 g/mol. The predicted octanol–water partition coefficient (Wildman–Crippen LogP) is 3.56. The maximum absolute atomic E-state index is 12.0. The Morgan fingerprint density at radius 2 is 1.95 bits per heavy atom. The van der Waals surface area contributed by atoms with E-state index in [-0.39, 0.29) is 23.4 Å². The van der Waals surface area contributed by atoms with E-state index in [1.54, 1.807) is 4.90 Å². The van der Waals surface area contributed by atoms with E-state index in [2.05, 4.69) is 9.97 Å². The van der Waals surface area contributed by atoms with Gasteiger partial charge >= 0.3 is 6.09 Å². The molecule has 0 N–H and O–H groups in total. The quantitative estimate of drug-likeness (QED) is 0.765. The van der Waals surface area contributed by atoms with Crippen LogP contribution in [0.15, 0.2) is 6.20 Å². The maximum atomic E-state index is 12.0. The van der Waals surface area contributed by atoms with Crippen LogP contribution >= 0.6 is 23.2 Å². The van der Waals surface area contributed by atoms with E-state index in [1.165, 1.54) is 6.20 Å². The molecule has 1 saturated heterocycles. The third-order valence-corrected chi connectivity index (χ3v) is 3.50. The summed E-state index contributed by atoms with van der Waals surface area (Å²) in [6.07, 6.45) is 2.40. The average Bonchev–Trinajstić information content (AvgIpc) is 2.42. The molecule has 122 valence electrons. The van der Waals surface area contributed by atoms with Crippen molar-refractivity contribution in [1.29, 1.82) is 0 Å². The van der Waals surface area contributed by atoms with Gasteiger partial charge in [-0.15, -0.1) is 0 Å². The highest BCUT2D eigenvalue weighted by atomic mass is 35.5. The molecule has 0 atom stereocenters. The van der Waals surface area contributed by atoms with E-state index in [9.17, 15) is 4.79 Å². The molecule has 22 heavy (non-hydrogen) atoms. The number of carbonyl (C=O) groups excluding carboxylic acids is 1. The largest absolute Gasteiger partial charge is 0.473 e. The van der Waals surface area contributed by atoms with Gasteiger partial charge in [0, 0.05) is 25.9 Å². The first-order valence-corrected chi connectivity index (χ1v) is 7.83. The number of hydrogen-bond donors (Lipinski definition) is 0. The van der Waals surface area contributed by atoms with E-state index >= 15 is 0 Å². The van der Waals surface area contributed by atoms with Gasteiger partial charge < -0.3 is 14.4 Å². The van der Waals surface area contributed by atoms with Crippen LogP contribution in [-0.2, 0) is 4.74 Å². The summed E-state index contributed by atoms with van der Waals surface area (Å²) >= 11 is 11.7. The lowest BCUT2D eigenvalue weighted by atomic mass is 10.1. The number of piperidine rings is 1. The van der Waals surface area contributed by atoms with Crippen molar-refractivity contribution in [2.45, 2.75) is 45.3 Å². The van der Waals surface area contributed by atoms with Gasteiger partial charge in [-0.2, -0.15) is 4.98 Å². The second-order valence-corrected chi connectivity index (χ2v) is 6.82. The molecule has 1 aromatic rings. The van der Waals surface area contributed by atoms with Crippen LogP contribution in [0.4, 0.5) is 4.79 Å². The molecular formula is C14H19Cl2N3O3. The number of carbonyl (C=O) groups is 1. The summed E-state index contributed by atoms with van der Waals surface area (Å²) in [5.41, 5.74) is -0.490. The van der Waals surface area contributed by atoms with Crippen molar-refractivity contribution in [2.24, 2.45) is 0 Å². The summed E-state index contributed by atoms with van der Waals surface area (Å²) in [5.74, 6) is 0.275. The van der Waals surface area contributed by atoms with Crippen LogP contribution in [0.25, 0.3) is 0 Å². The zero-order valence-corrected chi connectivity index (χ0v) is 14.3. The molecule has 0 aromatic carbocycles. The normalized spacial score (nSPS) is 16.5. The van der Waals surface area contributed by atoms with E-state index in [0.717, 1.165) is 0 Å². The number of ether oxygens (including phenoxy) is 2. The SMILES string of the molecule is CC(C)(C)OC(=O)N1CCC(Oc2nc(Cl)ncc2Cl)CC1. The number of likely N-dealkylation sites (tertiary alicyclic amines) is 1. The second-order valence-electron chi connectivity index (χ2n) is 6.08. The molecule has 1 fully saturated rings. The zero-order valence-electron chi connectivity index (χ0n) is 12.8. The van der Waals surface area contributed by atoms with Gasteiger partial charge in [0.2, 0.25) is 11.2 Å². The topological polar surface area (TPSA) is 64.5 Å². The molecule has 6 nitrogen and oxygen atoms in total. The van der Waals surface area contributed by atoms with Crippen LogP contribution in [0.2, 0.25) is 10.3 Å². The molecule has 0 bridgehead atoms. The van der Waals surface area contributed by atoms with E-state index < -0.39 is 5.60 Å². The number of aromatic nitrogens is 2. The number of hydrogen-bond acceptors (Lipinski definition) is 5. The van der Waals surface area contributed by atoms with Gasteiger partial charge in [-0.25, -0.2) is 9.78 Å². The Kier molecular flexibility index (Phi) is 5.34. The Morgan fingerprint density at radius 3 is 2.55 bits per heavy atom. The standard InChI is InChI=1S/C14H19Cl2N3O3/c1-14(2,3)22-13(20)19-6-4-9(5-7-19)21-11-10(15)8-17-12(16)18-11/h8-9H,4-7H2,1-3H3. The first-order valence-electron chi connectivity index (χ1n) is 7.07. The lowest BCUT2D eigenvalue weighted by Gasteiger charge is -2.33. The van der Waals surface area contributed by atoms with Crippen LogP contribution in [0.3, 0.4) is 0 Å². The third kappa shape index (κ3) is 4.88. The molecule has 0 saturated carbocycles. The Labute approximate surface area is 139 Å². The summed E-state index contributed by atoms with van der Waals surface area (Å²) in [6.45, 7) is 6.68. The molecule has 1 amide bonds. The van der Waals surface area contributed by atoms with Crippen molar-refractivity contribution in [2.75, 3.05) is 13.1 Å². The number of halogens is 2. The molecule has 1 aliphatic rings. The Balaban J connectivity index is 1.87. The minimum absolute atomic E-state index is 0.0675. The zero-order chi connectivity index (χ0) is 16.3. The summed E-state index contributed by atoms with van der Waals surface area (Å²) in [6, 6.07) is 0. The summed E-state index contributed by atoms with van der Waals surface area (Å²) in [5, 5.41) is 0.407. The highest BCUT2D eigenvalue weighted by Gasteiger charge is 2.28. The third-order valence-electron chi connectivity index (χ3n) is 3.05. The van der Waals surface area contributed by atoms with Crippen molar-refractivity contribution in [3.8, 4) is 5.88 Å². The van der Waals surface area contributed by atoms with Gasteiger partial charge in [0.25, 0.3) is 0 Å². The van der Waals surface area contributed by atoms with Crippen LogP contribution in [-0.4, -0.2) is 45.8 Å². The molecule has 8 heteroatoms. The highest BCUT2D eigenvalue weighted by Crippen LogP contribution is 2.26. The minimum Gasteiger partial charge on any atom is -0.473 e. The van der Waals surface area contributed by atoms with Gasteiger partial charge in [0.05, 0.1) is 6.20 Å². The Morgan fingerprint density at radius 1 is 1.32 bits per heavy atom. The van der Waals surface area contributed by atoms with Crippen molar-refractivity contribution in [3.63, 3.8) is 0 Å². The first kappa shape index (κ1) is 17.1. The Bertz CT molecular complexity index is 541. The summed E-state index contributed by atoms with van der Waals surface area (Å²) in [7, 11) is 0. The number of amides is 1. The first-order chi connectivity index (χ1) is 10.2. The van der Waals surface area contributed by atoms with Crippen molar-refractivity contribution in [3.05, 3.63) is 16.5 Å². The molecule has 0 unspecified atom stereocenters. The monoisotopic (exact) mass is 347 g/mol.